The minimum atomic E-state index is -0.716. The first-order valence-corrected chi connectivity index (χ1v) is 9.56. The van der Waals surface area contributed by atoms with E-state index in [4.69, 9.17) is 0 Å². The maximum absolute atomic E-state index is 13.6. The van der Waals surface area contributed by atoms with E-state index in [9.17, 15) is 13.6 Å². The first-order chi connectivity index (χ1) is 13.5. The van der Waals surface area contributed by atoms with Crippen molar-refractivity contribution in [2.75, 3.05) is 36.4 Å². The van der Waals surface area contributed by atoms with E-state index in [1.54, 1.807) is 0 Å². The third kappa shape index (κ3) is 5.61. The molecular weight excluding hydrogens is 364 g/mol. The highest BCUT2D eigenvalue weighted by Gasteiger charge is 2.14. The fourth-order valence-electron chi connectivity index (χ4n) is 3.19. The summed E-state index contributed by atoms with van der Waals surface area (Å²) in [6.07, 6.45) is 3.47. The van der Waals surface area contributed by atoms with Crippen LogP contribution in [0.25, 0.3) is 0 Å². The van der Waals surface area contributed by atoms with Crippen LogP contribution in [0.4, 0.5) is 20.5 Å². The van der Waals surface area contributed by atoms with Gasteiger partial charge in [0.2, 0.25) is 11.9 Å². The van der Waals surface area contributed by atoms with Crippen LogP contribution in [-0.4, -0.2) is 42.1 Å². The molecular formula is C20H25F2N5O. The number of benzene rings is 1. The first kappa shape index (κ1) is 20.0. The van der Waals surface area contributed by atoms with E-state index in [2.05, 4.69) is 25.5 Å². The Kier molecular flexibility index (Phi) is 6.73. The van der Waals surface area contributed by atoms with Crippen molar-refractivity contribution in [1.82, 2.24) is 15.3 Å². The molecule has 2 aromatic rings. The van der Waals surface area contributed by atoms with Crippen molar-refractivity contribution in [3.63, 3.8) is 0 Å². The molecule has 2 N–H and O–H groups in total. The van der Waals surface area contributed by atoms with E-state index in [0.717, 1.165) is 36.7 Å². The molecule has 0 atom stereocenters. The van der Waals surface area contributed by atoms with Crippen molar-refractivity contribution in [3.8, 4) is 0 Å². The summed E-state index contributed by atoms with van der Waals surface area (Å²) in [4.78, 5) is 23.2. The quantitative estimate of drug-likeness (QED) is 0.713. The molecule has 0 radical (unpaired) electrons. The molecule has 1 aromatic carbocycles. The molecule has 1 aliphatic heterocycles. The van der Waals surface area contributed by atoms with E-state index < -0.39 is 11.6 Å². The molecule has 28 heavy (non-hydrogen) atoms. The van der Waals surface area contributed by atoms with Gasteiger partial charge in [-0.1, -0.05) is 6.07 Å². The van der Waals surface area contributed by atoms with Crippen molar-refractivity contribution in [3.05, 3.63) is 47.2 Å². The van der Waals surface area contributed by atoms with Crippen molar-refractivity contribution in [2.24, 2.45) is 0 Å². The van der Waals surface area contributed by atoms with Gasteiger partial charge in [-0.3, -0.25) is 4.79 Å². The Bertz CT molecular complexity index is 824. The molecule has 2 heterocycles. The Morgan fingerprint density at radius 3 is 2.64 bits per heavy atom. The summed E-state index contributed by atoms with van der Waals surface area (Å²) in [7, 11) is 0. The van der Waals surface area contributed by atoms with Crippen molar-refractivity contribution >= 4 is 17.7 Å². The monoisotopic (exact) mass is 389 g/mol. The van der Waals surface area contributed by atoms with Crippen molar-refractivity contribution in [1.29, 1.82) is 0 Å². The number of hydrogen-bond donors (Lipinski definition) is 2. The lowest BCUT2D eigenvalue weighted by Gasteiger charge is -2.28. The lowest BCUT2D eigenvalue weighted by atomic mass is 10.1. The van der Waals surface area contributed by atoms with Gasteiger partial charge in [0, 0.05) is 44.0 Å². The zero-order valence-electron chi connectivity index (χ0n) is 16.0. The summed E-state index contributed by atoms with van der Waals surface area (Å²) in [5.41, 5.74) is 1.05. The van der Waals surface area contributed by atoms with E-state index >= 15 is 0 Å². The minimum absolute atomic E-state index is 0.133. The Morgan fingerprint density at radius 1 is 1.11 bits per heavy atom. The predicted molar refractivity (Wildman–Crippen MR) is 104 cm³/mol. The number of carbonyl (C=O) groups is 1. The first-order valence-electron chi connectivity index (χ1n) is 9.56. The van der Waals surface area contributed by atoms with Gasteiger partial charge < -0.3 is 15.5 Å². The van der Waals surface area contributed by atoms with Gasteiger partial charge >= 0.3 is 0 Å². The largest absolute Gasteiger partial charge is 0.356 e. The predicted octanol–water partition coefficient (Wildman–Crippen LogP) is 2.82. The Morgan fingerprint density at radius 2 is 1.89 bits per heavy atom. The number of carbonyl (C=O) groups excluding carboxylic acids is 1. The number of piperidine rings is 1. The van der Waals surface area contributed by atoms with Gasteiger partial charge in [0.15, 0.2) is 0 Å². The van der Waals surface area contributed by atoms with Crippen LogP contribution in [0, 0.1) is 18.6 Å². The number of rotatable bonds is 7. The fraction of sp³-hybridized carbons (Fsp3) is 0.450. The molecule has 0 bridgehead atoms. The van der Waals surface area contributed by atoms with Crippen LogP contribution in [0.15, 0.2) is 24.3 Å². The summed E-state index contributed by atoms with van der Waals surface area (Å²) in [6.45, 7) is 4.73. The molecule has 1 fully saturated rings. The third-order valence-corrected chi connectivity index (χ3v) is 4.62. The molecule has 1 aliphatic rings. The highest BCUT2D eigenvalue weighted by atomic mass is 19.1. The van der Waals surface area contributed by atoms with Gasteiger partial charge in [0.1, 0.15) is 17.5 Å². The maximum Gasteiger partial charge on any atom is 0.224 e. The molecule has 0 unspecified atom stereocenters. The van der Waals surface area contributed by atoms with Crippen molar-refractivity contribution < 1.29 is 13.6 Å². The molecule has 0 saturated carbocycles. The van der Waals surface area contributed by atoms with Gasteiger partial charge in [-0.2, -0.15) is 4.98 Å². The summed E-state index contributed by atoms with van der Waals surface area (Å²) >= 11 is 0. The summed E-state index contributed by atoms with van der Waals surface area (Å²) in [5.74, 6) is -0.254. The van der Waals surface area contributed by atoms with Crippen LogP contribution in [0.1, 0.15) is 30.5 Å². The average Bonchev–Trinajstić information content (AvgIpc) is 2.68. The van der Waals surface area contributed by atoms with E-state index in [1.165, 1.54) is 25.3 Å². The Labute approximate surface area is 163 Å². The normalized spacial score (nSPS) is 14.0. The second kappa shape index (κ2) is 9.43. The molecule has 150 valence electrons. The number of aromatic nitrogens is 2. The van der Waals surface area contributed by atoms with Gasteiger partial charge in [0.05, 0.1) is 6.42 Å². The molecule has 0 spiro atoms. The van der Waals surface area contributed by atoms with E-state index in [-0.39, 0.29) is 17.9 Å². The van der Waals surface area contributed by atoms with Crippen LogP contribution < -0.4 is 15.5 Å². The number of halogens is 2. The zero-order valence-corrected chi connectivity index (χ0v) is 16.0. The van der Waals surface area contributed by atoms with Gasteiger partial charge in [-0.15, -0.1) is 0 Å². The molecule has 3 rings (SSSR count). The number of amides is 1. The van der Waals surface area contributed by atoms with E-state index in [1.807, 2.05) is 13.0 Å². The molecule has 1 amide bonds. The van der Waals surface area contributed by atoms with E-state index in [0.29, 0.717) is 19.0 Å². The summed E-state index contributed by atoms with van der Waals surface area (Å²) in [5, 5.41) is 5.82. The zero-order chi connectivity index (χ0) is 19.9. The molecule has 1 aromatic heterocycles. The lowest BCUT2D eigenvalue weighted by molar-refractivity contribution is -0.120. The standard InChI is InChI=1S/C20H25F2N5O/c1-14-11-18(27-9-3-2-4-10-27)26-20(25-14)24-8-7-23-19(28)12-15-5-6-16(21)13-17(15)22/h5-6,11,13H,2-4,7-10,12H2,1H3,(H,23,28)(H,24,25,26). The summed E-state index contributed by atoms with van der Waals surface area (Å²) < 4.78 is 26.5. The highest BCUT2D eigenvalue weighted by molar-refractivity contribution is 5.78. The number of hydrogen-bond acceptors (Lipinski definition) is 5. The molecule has 6 nitrogen and oxygen atoms in total. The number of aryl methyl sites for hydroxylation is 1. The van der Waals surface area contributed by atoms with Crippen LogP contribution in [-0.2, 0) is 11.2 Å². The fourth-order valence-corrected chi connectivity index (χ4v) is 3.19. The van der Waals surface area contributed by atoms with Gasteiger partial charge in [0.25, 0.3) is 0 Å². The lowest BCUT2D eigenvalue weighted by Crippen LogP contribution is -2.31. The summed E-state index contributed by atoms with van der Waals surface area (Å²) in [6, 6.07) is 5.18. The number of anilines is 2. The Hall–Kier alpha value is -2.77. The number of nitrogens with one attached hydrogen (secondary N) is 2. The van der Waals surface area contributed by atoms with Crippen LogP contribution in [0.5, 0.6) is 0 Å². The minimum Gasteiger partial charge on any atom is -0.356 e. The smallest absolute Gasteiger partial charge is 0.224 e. The Balaban J connectivity index is 1.47. The van der Waals surface area contributed by atoms with Gasteiger partial charge in [-0.05, 0) is 37.8 Å². The average molecular weight is 389 g/mol. The van der Waals surface area contributed by atoms with Crippen LogP contribution in [0.3, 0.4) is 0 Å². The molecule has 1 saturated heterocycles. The second-order valence-electron chi connectivity index (χ2n) is 6.93. The topological polar surface area (TPSA) is 70.2 Å². The van der Waals surface area contributed by atoms with Crippen molar-refractivity contribution in [2.45, 2.75) is 32.6 Å². The SMILES string of the molecule is Cc1cc(N2CCCCC2)nc(NCCNC(=O)Cc2ccc(F)cc2F)n1. The van der Waals surface area contributed by atoms with Crippen LogP contribution in [0.2, 0.25) is 0 Å². The third-order valence-electron chi connectivity index (χ3n) is 4.62. The highest BCUT2D eigenvalue weighted by Crippen LogP contribution is 2.19. The molecule has 0 aliphatic carbocycles. The molecule has 8 heteroatoms. The maximum atomic E-state index is 13.6. The second-order valence-corrected chi connectivity index (χ2v) is 6.93. The van der Waals surface area contributed by atoms with Gasteiger partial charge in [-0.25, -0.2) is 13.8 Å². The number of nitrogens with zero attached hydrogens (tertiary/aromatic N) is 3. The van der Waals surface area contributed by atoms with Crippen LogP contribution >= 0.6 is 0 Å².